The Morgan fingerprint density at radius 1 is 1.07 bits per heavy atom. The summed E-state index contributed by atoms with van der Waals surface area (Å²) in [5, 5.41) is 2.49. The Morgan fingerprint density at radius 2 is 1.73 bits per heavy atom. The van der Waals surface area contributed by atoms with Gasteiger partial charge in [-0.3, -0.25) is 4.79 Å². The number of alkyl halides is 3. The zero-order valence-electron chi connectivity index (χ0n) is 16.3. The van der Waals surface area contributed by atoms with Crippen molar-refractivity contribution in [1.82, 2.24) is 10.0 Å². The van der Waals surface area contributed by atoms with Gasteiger partial charge in [-0.2, -0.15) is 17.9 Å². The number of halogens is 3. The second kappa shape index (κ2) is 9.78. The van der Waals surface area contributed by atoms with Crippen molar-refractivity contribution in [3.8, 4) is 11.8 Å². The highest BCUT2D eigenvalue weighted by Gasteiger charge is 2.30. The van der Waals surface area contributed by atoms with E-state index in [1.54, 1.807) is 32.0 Å². The van der Waals surface area contributed by atoms with Crippen molar-refractivity contribution in [2.75, 3.05) is 6.54 Å². The molecule has 2 aromatic carbocycles. The zero-order chi connectivity index (χ0) is 22.4. The average Bonchev–Trinajstić information content (AvgIpc) is 2.69. The monoisotopic (exact) mass is 438 g/mol. The molecule has 2 rings (SSSR count). The van der Waals surface area contributed by atoms with Crippen molar-refractivity contribution < 1.29 is 26.4 Å². The number of benzene rings is 2. The fraction of sp³-hybridized carbons (Fsp3) is 0.286. The van der Waals surface area contributed by atoms with E-state index in [2.05, 4.69) is 21.9 Å². The largest absolute Gasteiger partial charge is 0.416 e. The molecular formula is C21H21F3N2O3S. The summed E-state index contributed by atoms with van der Waals surface area (Å²) in [7, 11) is -3.90. The van der Waals surface area contributed by atoms with Gasteiger partial charge in [-0.15, -0.1) is 0 Å². The smallest absolute Gasteiger partial charge is 0.344 e. The number of carbonyl (C=O) groups is 1. The molecule has 0 heterocycles. The Bertz CT molecular complexity index is 1040. The van der Waals surface area contributed by atoms with Crippen LogP contribution >= 0.6 is 0 Å². The number of hydrogen-bond acceptors (Lipinski definition) is 3. The van der Waals surface area contributed by atoms with Crippen LogP contribution in [-0.4, -0.2) is 26.9 Å². The summed E-state index contributed by atoms with van der Waals surface area (Å²) in [4.78, 5) is 12.5. The topological polar surface area (TPSA) is 75.3 Å². The fourth-order valence-electron chi connectivity index (χ4n) is 2.49. The van der Waals surface area contributed by atoms with Gasteiger partial charge in [-0.25, -0.2) is 8.42 Å². The number of amides is 1. The summed E-state index contributed by atoms with van der Waals surface area (Å²) in [6.07, 6.45) is -4.47. The van der Waals surface area contributed by atoms with Crippen LogP contribution in [0.5, 0.6) is 0 Å². The van der Waals surface area contributed by atoms with Crippen LogP contribution in [0, 0.1) is 17.8 Å². The fourth-order valence-corrected chi connectivity index (χ4v) is 3.85. The molecule has 1 amide bonds. The molecule has 0 radical (unpaired) electrons. The summed E-state index contributed by atoms with van der Waals surface area (Å²) in [6.45, 7) is 3.23. The van der Waals surface area contributed by atoms with Gasteiger partial charge in [0, 0.05) is 5.56 Å². The van der Waals surface area contributed by atoms with Crippen LogP contribution in [0.1, 0.15) is 25.0 Å². The minimum Gasteiger partial charge on any atom is -0.344 e. The maximum Gasteiger partial charge on any atom is 0.416 e. The van der Waals surface area contributed by atoms with Crippen molar-refractivity contribution in [2.45, 2.75) is 31.0 Å². The van der Waals surface area contributed by atoms with E-state index in [1.807, 2.05) is 0 Å². The van der Waals surface area contributed by atoms with Gasteiger partial charge in [-0.1, -0.05) is 50.0 Å². The summed E-state index contributed by atoms with van der Waals surface area (Å²) in [6, 6.07) is 11.1. The first-order valence-corrected chi connectivity index (χ1v) is 10.5. The third-order valence-electron chi connectivity index (χ3n) is 4.06. The van der Waals surface area contributed by atoms with Crippen LogP contribution in [0.15, 0.2) is 59.5 Å². The summed E-state index contributed by atoms with van der Waals surface area (Å²) >= 11 is 0. The Hall–Kier alpha value is -2.83. The van der Waals surface area contributed by atoms with Crippen LogP contribution in [0.3, 0.4) is 0 Å². The molecule has 0 fully saturated rings. The molecule has 0 aliphatic rings. The zero-order valence-corrected chi connectivity index (χ0v) is 17.1. The number of sulfonamides is 1. The summed E-state index contributed by atoms with van der Waals surface area (Å²) in [5.74, 6) is 4.20. The third-order valence-corrected chi connectivity index (χ3v) is 5.52. The molecule has 0 saturated carbocycles. The molecule has 0 aliphatic heterocycles. The SMILES string of the molecule is CC(C)C(NS(=O)(=O)c1ccccc1)C(=O)NCC#Cc1cccc(C(F)(F)F)c1. The van der Waals surface area contributed by atoms with Crippen LogP contribution in [0.25, 0.3) is 0 Å². The Labute approximate surface area is 173 Å². The van der Waals surface area contributed by atoms with Crippen molar-refractivity contribution in [1.29, 1.82) is 0 Å². The molecular weight excluding hydrogens is 417 g/mol. The summed E-state index contributed by atoms with van der Waals surface area (Å²) < 4.78 is 65.5. The maximum atomic E-state index is 12.7. The first kappa shape index (κ1) is 23.4. The first-order valence-electron chi connectivity index (χ1n) is 9.02. The number of hydrogen-bond donors (Lipinski definition) is 2. The molecule has 2 aromatic rings. The first-order chi connectivity index (χ1) is 14.0. The lowest BCUT2D eigenvalue weighted by atomic mass is 10.1. The Balaban J connectivity index is 2.03. The predicted molar refractivity (Wildman–Crippen MR) is 107 cm³/mol. The quantitative estimate of drug-likeness (QED) is 0.681. The Morgan fingerprint density at radius 3 is 2.33 bits per heavy atom. The van der Waals surface area contributed by atoms with E-state index in [4.69, 9.17) is 0 Å². The van der Waals surface area contributed by atoms with Gasteiger partial charge in [0.05, 0.1) is 17.0 Å². The van der Waals surface area contributed by atoms with Gasteiger partial charge in [0.2, 0.25) is 15.9 Å². The van der Waals surface area contributed by atoms with Gasteiger partial charge in [0.1, 0.15) is 6.04 Å². The predicted octanol–water partition coefficient (Wildman–Crippen LogP) is 3.18. The standard InChI is InChI=1S/C21H21F3N2O3S/c1-15(2)19(26-30(28,29)18-11-4-3-5-12-18)20(27)25-13-7-9-16-8-6-10-17(14-16)21(22,23)24/h3-6,8,10-12,14-15,19,26H,13H2,1-2H3,(H,25,27). The number of nitrogens with one attached hydrogen (secondary N) is 2. The molecule has 0 aliphatic carbocycles. The molecule has 5 nitrogen and oxygen atoms in total. The lowest BCUT2D eigenvalue weighted by Crippen LogP contribution is -2.49. The minimum absolute atomic E-state index is 0.0350. The average molecular weight is 438 g/mol. The van der Waals surface area contributed by atoms with E-state index in [1.165, 1.54) is 24.3 Å². The van der Waals surface area contributed by atoms with E-state index < -0.39 is 33.7 Å². The van der Waals surface area contributed by atoms with Gasteiger partial charge in [0.25, 0.3) is 0 Å². The van der Waals surface area contributed by atoms with E-state index in [0.29, 0.717) is 0 Å². The normalized spacial score (nSPS) is 12.7. The molecule has 1 atom stereocenters. The minimum atomic E-state index is -4.47. The highest BCUT2D eigenvalue weighted by Crippen LogP contribution is 2.29. The molecule has 9 heteroatoms. The van der Waals surface area contributed by atoms with Crippen LogP contribution in [0.2, 0.25) is 0 Å². The van der Waals surface area contributed by atoms with Gasteiger partial charge >= 0.3 is 6.18 Å². The van der Waals surface area contributed by atoms with Crippen LogP contribution < -0.4 is 10.0 Å². The molecule has 1 unspecified atom stereocenters. The lowest BCUT2D eigenvalue weighted by molar-refractivity contribution is -0.137. The maximum absolute atomic E-state index is 12.7. The summed E-state index contributed by atoms with van der Waals surface area (Å²) in [5.41, 5.74) is -0.655. The second-order valence-electron chi connectivity index (χ2n) is 6.75. The molecule has 2 N–H and O–H groups in total. The molecule has 0 aromatic heterocycles. The van der Waals surface area contributed by atoms with Crippen molar-refractivity contribution in [3.05, 3.63) is 65.7 Å². The number of carbonyl (C=O) groups excluding carboxylic acids is 1. The van der Waals surface area contributed by atoms with Crippen LogP contribution in [-0.2, 0) is 21.0 Å². The molecule has 0 spiro atoms. The lowest BCUT2D eigenvalue weighted by Gasteiger charge is -2.21. The van der Waals surface area contributed by atoms with Crippen LogP contribution in [0.4, 0.5) is 13.2 Å². The van der Waals surface area contributed by atoms with Gasteiger partial charge in [-0.05, 0) is 36.2 Å². The highest BCUT2D eigenvalue weighted by molar-refractivity contribution is 7.89. The molecule has 0 bridgehead atoms. The van der Waals surface area contributed by atoms with E-state index >= 15 is 0 Å². The Kier molecular flexibility index (Phi) is 7.65. The molecule has 30 heavy (non-hydrogen) atoms. The van der Waals surface area contributed by atoms with E-state index in [9.17, 15) is 26.4 Å². The van der Waals surface area contributed by atoms with E-state index in [-0.39, 0.29) is 22.9 Å². The van der Waals surface area contributed by atoms with Gasteiger partial charge in [0.15, 0.2) is 0 Å². The number of rotatable bonds is 6. The van der Waals surface area contributed by atoms with E-state index in [0.717, 1.165) is 12.1 Å². The highest BCUT2D eigenvalue weighted by atomic mass is 32.2. The van der Waals surface area contributed by atoms with Crippen molar-refractivity contribution >= 4 is 15.9 Å². The third kappa shape index (κ3) is 6.61. The van der Waals surface area contributed by atoms with Gasteiger partial charge < -0.3 is 5.32 Å². The second-order valence-corrected chi connectivity index (χ2v) is 8.47. The molecule has 160 valence electrons. The molecule has 0 saturated heterocycles. The van der Waals surface area contributed by atoms with Crippen molar-refractivity contribution in [2.24, 2.45) is 5.92 Å². The van der Waals surface area contributed by atoms with Crippen molar-refractivity contribution in [3.63, 3.8) is 0 Å².